The molecule has 0 aliphatic carbocycles. The standard InChI is InChI=1S/C10H14ClNOS/c1-10(12,6-13)7-14-9-4-2-8(11)3-5-9/h2-5,13H,6-7,12H2,1H3. The van der Waals surface area contributed by atoms with Crippen LogP contribution in [-0.4, -0.2) is 23.0 Å². The van der Waals surface area contributed by atoms with Crippen molar-refractivity contribution in [1.29, 1.82) is 0 Å². The van der Waals surface area contributed by atoms with E-state index in [4.69, 9.17) is 22.4 Å². The summed E-state index contributed by atoms with van der Waals surface area (Å²) < 4.78 is 0. The second kappa shape index (κ2) is 5.03. The molecule has 0 amide bonds. The number of halogens is 1. The van der Waals surface area contributed by atoms with Crippen molar-refractivity contribution in [3.05, 3.63) is 29.3 Å². The zero-order valence-electron chi connectivity index (χ0n) is 8.03. The molecule has 0 saturated heterocycles. The first-order valence-corrected chi connectivity index (χ1v) is 5.68. The summed E-state index contributed by atoms with van der Waals surface area (Å²) in [5, 5.41) is 9.69. The van der Waals surface area contributed by atoms with Crippen LogP contribution in [0, 0.1) is 0 Å². The summed E-state index contributed by atoms with van der Waals surface area (Å²) in [6.07, 6.45) is 0. The highest BCUT2D eigenvalue weighted by atomic mass is 35.5. The van der Waals surface area contributed by atoms with E-state index >= 15 is 0 Å². The van der Waals surface area contributed by atoms with Gasteiger partial charge >= 0.3 is 0 Å². The van der Waals surface area contributed by atoms with Crippen molar-refractivity contribution in [2.45, 2.75) is 17.4 Å². The Kier molecular flexibility index (Phi) is 4.26. The smallest absolute Gasteiger partial charge is 0.0616 e. The van der Waals surface area contributed by atoms with Crippen LogP contribution in [0.3, 0.4) is 0 Å². The summed E-state index contributed by atoms with van der Waals surface area (Å²) in [6, 6.07) is 7.58. The average Bonchev–Trinajstić information content (AvgIpc) is 2.17. The van der Waals surface area contributed by atoms with Gasteiger partial charge in [-0.25, -0.2) is 0 Å². The van der Waals surface area contributed by atoms with Crippen LogP contribution in [0.15, 0.2) is 29.2 Å². The van der Waals surface area contributed by atoms with E-state index in [1.54, 1.807) is 11.8 Å². The maximum absolute atomic E-state index is 8.96. The fourth-order valence-electron chi connectivity index (χ4n) is 0.825. The van der Waals surface area contributed by atoms with Gasteiger partial charge in [-0.2, -0.15) is 0 Å². The second-order valence-corrected chi connectivity index (χ2v) is 5.04. The number of thioether (sulfide) groups is 1. The summed E-state index contributed by atoms with van der Waals surface area (Å²) in [4.78, 5) is 1.11. The van der Waals surface area contributed by atoms with Crippen molar-refractivity contribution in [3.8, 4) is 0 Å². The number of hydrogen-bond acceptors (Lipinski definition) is 3. The molecule has 3 N–H and O–H groups in total. The normalized spacial score (nSPS) is 15.1. The molecule has 78 valence electrons. The molecular formula is C10H14ClNOS. The number of aliphatic hydroxyl groups excluding tert-OH is 1. The van der Waals surface area contributed by atoms with Gasteiger partial charge in [0.1, 0.15) is 0 Å². The molecule has 0 aromatic heterocycles. The van der Waals surface area contributed by atoms with Crippen LogP contribution >= 0.6 is 23.4 Å². The Morgan fingerprint density at radius 2 is 2.00 bits per heavy atom. The quantitative estimate of drug-likeness (QED) is 0.781. The molecule has 1 aromatic carbocycles. The number of nitrogens with two attached hydrogens (primary N) is 1. The minimum absolute atomic E-state index is 0.00636. The van der Waals surface area contributed by atoms with E-state index in [0.717, 1.165) is 9.92 Å². The molecule has 0 aliphatic rings. The number of benzene rings is 1. The van der Waals surface area contributed by atoms with Crippen LogP contribution in [0.5, 0.6) is 0 Å². The maximum atomic E-state index is 8.96. The SMILES string of the molecule is CC(N)(CO)CSc1ccc(Cl)cc1. The lowest BCUT2D eigenvalue weighted by Crippen LogP contribution is -2.42. The summed E-state index contributed by atoms with van der Waals surface area (Å²) >= 11 is 7.37. The molecule has 0 aliphatic heterocycles. The molecule has 0 spiro atoms. The lowest BCUT2D eigenvalue weighted by molar-refractivity contribution is 0.224. The summed E-state index contributed by atoms with van der Waals surface area (Å²) in [5.74, 6) is 0.686. The van der Waals surface area contributed by atoms with Gasteiger partial charge in [-0.3, -0.25) is 0 Å². The van der Waals surface area contributed by atoms with Crippen molar-refractivity contribution in [2.75, 3.05) is 12.4 Å². The lowest BCUT2D eigenvalue weighted by atomic mass is 10.1. The summed E-state index contributed by atoms with van der Waals surface area (Å²) in [6.45, 7) is 1.82. The van der Waals surface area contributed by atoms with Crippen molar-refractivity contribution < 1.29 is 5.11 Å². The van der Waals surface area contributed by atoms with Gasteiger partial charge in [-0.15, -0.1) is 11.8 Å². The number of rotatable bonds is 4. The Morgan fingerprint density at radius 3 is 2.50 bits per heavy atom. The van der Waals surface area contributed by atoms with Gasteiger partial charge < -0.3 is 10.8 Å². The second-order valence-electron chi connectivity index (χ2n) is 3.55. The van der Waals surface area contributed by atoms with E-state index in [0.29, 0.717) is 5.75 Å². The Morgan fingerprint density at radius 1 is 1.43 bits per heavy atom. The fraction of sp³-hybridized carbons (Fsp3) is 0.400. The van der Waals surface area contributed by atoms with Gasteiger partial charge in [0.2, 0.25) is 0 Å². The topological polar surface area (TPSA) is 46.2 Å². The number of aliphatic hydroxyl groups is 1. The van der Waals surface area contributed by atoms with Crippen LogP contribution in [0.25, 0.3) is 0 Å². The van der Waals surface area contributed by atoms with Gasteiger partial charge in [0.15, 0.2) is 0 Å². The predicted molar refractivity (Wildman–Crippen MR) is 61.9 cm³/mol. The highest BCUT2D eigenvalue weighted by molar-refractivity contribution is 7.99. The maximum Gasteiger partial charge on any atom is 0.0616 e. The third-order valence-corrected chi connectivity index (χ3v) is 3.40. The highest BCUT2D eigenvalue weighted by Gasteiger charge is 2.16. The van der Waals surface area contributed by atoms with Crippen LogP contribution in [0.2, 0.25) is 5.02 Å². The Labute approximate surface area is 93.5 Å². The van der Waals surface area contributed by atoms with Crippen LogP contribution in [0.1, 0.15) is 6.92 Å². The molecule has 1 rings (SSSR count). The van der Waals surface area contributed by atoms with E-state index < -0.39 is 5.54 Å². The Bertz CT molecular complexity index is 287. The molecule has 0 fully saturated rings. The van der Waals surface area contributed by atoms with Crippen LogP contribution in [-0.2, 0) is 0 Å². The van der Waals surface area contributed by atoms with Gasteiger partial charge in [-0.05, 0) is 31.2 Å². The molecule has 0 saturated carbocycles. The molecule has 14 heavy (non-hydrogen) atoms. The van der Waals surface area contributed by atoms with E-state index in [-0.39, 0.29) is 6.61 Å². The van der Waals surface area contributed by atoms with Crippen molar-refractivity contribution in [3.63, 3.8) is 0 Å². The van der Waals surface area contributed by atoms with Crippen LogP contribution in [0.4, 0.5) is 0 Å². The van der Waals surface area contributed by atoms with Gasteiger partial charge in [-0.1, -0.05) is 11.6 Å². The molecule has 0 heterocycles. The zero-order chi connectivity index (χ0) is 10.6. The molecule has 0 bridgehead atoms. The van der Waals surface area contributed by atoms with Crippen molar-refractivity contribution in [1.82, 2.24) is 0 Å². The van der Waals surface area contributed by atoms with Gasteiger partial charge in [0.05, 0.1) is 6.61 Å². The van der Waals surface area contributed by atoms with Crippen molar-refractivity contribution >= 4 is 23.4 Å². The van der Waals surface area contributed by atoms with Crippen LogP contribution < -0.4 is 5.73 Å². The van der Waals surface area contributed by atoms with Crippen molar-refractivity contribution in [2.24, 2.45) is 5.73 Å². The zero-order valence-corrected chi connectivity index (χ0v) is 9.61. The molecule has 2 nitrogen and oxygen atoms in total. The largest absolute Gasteiger partial charge is 0.394 e. The lowest BCUT2D eigenvalue weighted by Gasteiger charge is -2.20. The first-order valence-electron chi connectivity index (χ1n) is 4.32. The molecular weight excluding hydrogens is 218 g/mol. The third kappa shape index (κ3) is 3.88. The minimum Gasteiger partial charge on any atom is -0.394 e. The van der Waals surface area contributed by atoms with E-state index in [9.17, 15) is 0 Å². The molecule has 0 radical (unpaired) electrons. The first-order chi connectivity index (χ1) is 6.53. The summed E-state index contributed by atoms with van der Waals surface area (Å²) in [7, 11) is 0. The molecule has 1 atom stereocenters. The molecule has 1 unspecified atom stereocenters. The van der Waals surface area contributed by atoms with Gasteiger partial charge in [0, 0.05) is 21.2 Å². The van der Waals surface area contributed by atoms with Gasteiger partial charge in [0.25, 0.3) is 0 Å². The monoisotopic (exact) mass is 231 g/mol. The summed E-state index contributed by atoms with van der Waals surface area (Å²) in [5.41, 5.74) is 5.27. The predicted octanol–water partition coefficient (Wildman–Crippen LogP) is 2.14. The highest BCUT2D eigenvalue weighted by Crippen LogP contribution is 2.22. The first kappa shape index (κ1) is 11.9. The minimum atomic E-state index is -0.524. The van der Waals surface area contributed by atoms with E-state index in [1.807, 2.05) is 31.2 Å². The number of hydrogen-bond donors (Lipinski definition) is 2. The van der Waals surface area contributed by atoms with E-state index in [2.05, 4.69) is 0 Å². The average molecular weight is 232 g/mol. The Balaban J connectivity index is 2.50. The third-order valence-electron chi connectivity index (χ3n) is 1.74. The Hall–Kier alpha value is -0.220. The van der Waals surface area contributed by atoms with E-state index in [1.165, 1.54) is 0 Å². The molecule has 4 heteroatoms. The fourth-order valence-corrected chi connectivity index (χ4v) is 1.87. The molecule has 1 aromatic rings.